The van der Waals surface area contributed by atoms with Crippen molar-refractivity contribution in [3.05, 3.63) is 0 Å². The van der Waals surface area contributed by atoms with Gasteiger partial charge in [0.05, 0.1) is 0 Å². The van der Waals surface area contributed by atoms with E-state index < -0.39 is 22.0 Å². The first-order valence-electron chi connectivity index (χ1n) is 10.5. The second kappa shape index (κ2) is 14.6. The Morgan fingerprint density at radius 2 is 0.621 bits per heavy atom. The molecule has 176 valence electrons. The van der Waals surface area contributed by atoms with Crippen LogP contribution >= 0.6 is 0 Å². The second-order valence-electron chi connectivity index (χ2n) is 8.99. The van der Waals surface area contributed by atoms with E-state index in [0.717, 1.165) is 0 Å². The van der Waals surface area contributed by atoms with Crippen LogP contribution in [0.3, 0.4) is 0 Å². The van der Waals surface area contributed by atoms with Crippen LogP contribution in [0.25, 0.3) is 0 Å². The van der Waals surface area contributed by atoms with Gasteiger partial charge in [-0.2, -0.15) is 0 Å². The molecule has 9 heteroatoms. The summed E-state index contributed by atoms with van der Waals surface area (Å²) in [5, 5.41) is 0. The van der Waals surface area contributed by atoms with Crippen molar-refractivity contribution >= 4 is 0 Å². The molecule has 0 rings (SSSR count). The van der Waals surface area contributed by atoms with Crippen molar-refractivity contribution in [1.29, 1.82) is 0 Å². The van der Waals surface area contributed by atoms with Gasteiger partial charge in [0.25, 0.3) is 0 Å². The molecule has 4 atom stereocenters. The summed E-state index contributed by atoms with van der Waals surface area (Å²) >= 11 is -4.26. The van der Waals surface area contributed by atoms with Crippen molar-refractivity contribution in [3.8, 4) is 0 Å². The van der Waals surface area contributed by atoms with Crippen molar-refractivity contribution in [2.75, 3.05) is 82.8 Å². The third-order valence-electron chi connectivity index (χ3n) is 5.53. The van der Waals surface area contributed by atoms with E-state index >= 15 is 0 Å². The van der Waals surface area contributed by atoms with Crippen LogP contribution < -0.4 is 0 Å². The molecule has 0 aliphatic carbocycles. The summed E-state index contributed by atoms with van der Waals surface area (Å²) in [5.41, 5.74) is 0. The van der Waals surface area contributed by atoms with Crippen LogP contribution in [0.2, 0.25) is 0 Å². The van der Waals surface area contributed by atoms with Gasteiger partial charge in [0.15, 0.2) is 0 Å². The van der Waals surface area contributed by atoms with Crippen LogP contribution in [0.15, 0.2) is 0 Å². The van der Waals surface area contributed by atoms with Crippen molar-refractivity contribution in [1.82, 2.24) is 19.6 Å². The van der Waals surface area contributed by atoms with Gasteiger partial charge >= 0.3 is 188 Å². The predicted octanol–water partition coefficient (Wildman–Crippen LogP) is 1.67. The molecule has 0 radical (unpaired) electrons. The predicted molar refractivity (Wildman–Crippen MR) is 116 cm³/mol. The van der Waals surface area contributed by atoms with Crippen molar-refractivity contribution in [2.45, 2.75) is 51.9 Å². The van der Waals surface area contributed by atoms with Gasteiger partial charge in [0.2, 0.25) is 0 Å². The molecule has 0 N–H and O–H groups in total. The van der Waals surface area contributed by atoms with Crippen LogP contribution in [0.5, 0.6) is 0 Å². The second-order valence-corrected chi connectivity index (χ2v) is 14.3. The molecule has 0 aromatic carbocycles. The molecule has 0 heterocycles. The molecule has 29 heavy (non-hydrogen) atoms. The Bertz CT molecular complexity index is 350. The summed E-state index contributed by atoms with van der Waals surface area (Å²) in [6.45, 7) is 10.6. The first kappa shape index (κ1) is 29.6. The standard InChI is InChI=1S/4C5H12NO.Zr/c4*1-5(4-7)6(2)3;/h4*5H,4H2,1-3H3;/q4*-1;+4. The van der Waals surface area contributed by atoms with E-state index in [0.29, 0.717) is 26.4 Å². The fraction of sp³-hybridized carbons (Fsp3) is 1.00. The van der Waals surface area contributed by atoms with E-state index in [9.17, 15) is 0 Å². The van der Waals surface area contributed by atoms with E-state index in [1.807, 2.05) is 56.4 Å². The van der Waals surface area contributed by atoms with Gasteiger partial charge in [-0.25, -0.2) is 0 Å². The molecule has 0 aromatic rings. The topological polar surface area (TPSA) is 49.9 Å². The molecule has 4 unspecified atom stereocenters. The summed E-state index contributed by atoms with van der Waals surface area (Å²) in [5.74, 6) is 0. The molecule has 0 amide bonds. The van der Waals surface area contributed by atoms with E-state index in [1.165, 1.54) is 0 Å². The third kappa shape index (κ3) is 12.2. The van der Waals surface area contributed by atoms with Gasteiger partial charge in [-0.1, -0.05) is 0 Å². The first-order valence-corrected chi connectivity index (χ1v) is 14.5. The third-order valence-corrected chi connectivity index (χ3v) is 10.6. The molecule has 0 aromatic heterocycles. The Morgan fingerprint density at radius 1 is 0.448 bits per heavy atom. The molecular formula is C20H48N4O4Zr. The molecule has 0 aliphatic rings. The Kier molecular flexibility index (Phi) is 14.9. The number of likely N-dealkylation sites (N-methyl/N-ethyl adjacent to an activating group) is 4. The van der Waals surface area contributed by atoms with Crippen molar-refractivity contribution < 1.29 is 33.3 Å². The molecule has 0 spiro atoms. The first-order chi connectivity index (χ1) is 13.3. The zero-order valence-electron chi connectivity index (χ0n) is 21.1. The van der Waals surface area contributed by atoms with Gasteiger partial charge in [-0.15, -0.1) is 0 Å². The quantitative estimate of drug-likeness (QED) is 0.318. The van der Waals surface area contributed by atoms with Crippen LogP contribution in [-0.2, 0) is 33.3 Å². The van der Waals surface area contributed by atoms with Crippen LogP contribution in [0.4, 0.5) is 0 Å². The molecule has 0 saturated carbocycles. The summed E-state index contributed by atoms with van der Waals surface area (Å²) < 4.78 is 25.6. The van der Waals surface area contributed by atoms with Gasteiger partial charge in [-0.05, 0) is 0 Å². The van der Waals surface area contributed by atoms with Gasteiger partial charge < -0.3 is 0 Å². The van der Waals surface area contributed by atoms with Gasteiger partial charge in [0.1, 0.15) is 0 Å². The maximum atomic E-state index is 6.39. The van der Waals surface area contributed by atoms with Crippen LogP contribution in [0.1, 0.15) is 27.7 Å². The fourth-order valence-electron chi connectivity index (χ4n) is 1.74. The Hall–Kier alpha value is 0.563. The van der Waals surface area contributed by atoms with Gasteiger partial charge in [-0.3, -0.25) is 0 Å². The van der Waals surface area contributed by atoms with E-state index in [-0.39, 0.29) is 24.2 Å². The normalized spacial score (nSPS) is 19.0. The minimum atomic E-state index is -4.26. The number of hydrogen-bond acceptors (Lipinski definition) is 8. The minimum absolute atomic E-state index is 0.241. The average molecular weight is 500 g/mol. The van der Waals surface area contributed by atoms with E-state index in [2.05, 4.69) is 47.3 Å². The van der Waals surface area contributed by atoms with Gasteiger partial charge in [0, 0.05) is 0 Å². The number of rotatable bonds is 16. The molecule has 0 fully saturated rings. The Morgan fingerprint density at radius 3 is 0.759 bits per heavy atom. The zero-order chi connectivity index (χ0) is 22.8. The monoisotopic (exact) mass is 498 g/mol. The summed E-state index contributed by atoms with van der Waals surface area (Å²) in [4.78, 5) is 8.52. The fourth-order valence-corrected chi connectivity index (χ4v) is 7.34. The van der Waals surface area contributed by atoms with Crippen LogP contribution in [0, 0.1) is 0 Å². The molecule has 8 nitrogen and oxygen atoms in total. The number of hydrogen-bond donors (Lipinski definition) is 0. The molecular weight excluding hydrogens is 451 g/mol. The Labute approximate surface area is 187 Å². The summed E-state index contributed by atoms with van der Waals surface area (Å²) in [6, 6.07) is 0.966. The molecule has 0 saturated heterocycles. The Balaban J connectivity index is 5.47. The van der Waals surface area contributed by atoms with Crippen molar-refractivity contribution in [2.24, 2.45) is 0 Å². The summed E-state index contributed by atoms with van der Waals surface area (Å²) in [6.07, 6.45) is 0. The SMILES string of the molecule is CC(C[O][Zr]([O]CC(C)N(C)C)([O]CC(C)N(C)C)[O]CC(C)N(C)C)N(C)C. The van der Waals surface area contributed by atoms with E-state index in [4.69, 9.17) is 11.3 Å². The summed E-state index contributed by atoms with van der Waals surface area (Å²) in [7, 11) is 16.4. The van der Waals surface area contributed by atoms with Crippen molar-refractivity contribution in [3.63, 3.8) is 0 Å². The average Bonchev–Trinajstić information content (AvgIpc) is 2.64. The zero-order valence-corrected chi connectivity index (χ0v) is 23.5. The van der Waals surface area contributed by atoms with Crippen LogP contribution in [-0.4, -0.2) is 127 Å². The maximum absolute atomic E-state index is 6.39. The molecule has 0 bridgehead atoms. The number of nitrogens with zero attached hydrogens (tertiary/aromatic N) is 4. The van der Waals surface area contributed by atoms with E-state index in [1.54, 1.807) is 0 Å². The molecule has 0 aliphatic heterocycles.